The molecule has 0 heterocycles. The van der Waals surface area contributed by atoms with Gasteiger partial charge in [0, 0.05) is 0 Å². The van der Waals surface area contributed by atoms with Crippen molar-refractivity contribution >= 4 is 67.7 Å². The summed E-state index contributed by atoms with van der Waals surface area (Å²) in [7, 11) is -10.6. The van der Waals surface area contributed by atoms with Gasteiger partial charge in [-0.1, -0.05) is 0 Å². The molecule has 0 spiro atoms. The standard InChI is InChI=1S/BF4.K.H4O4Si.H/c2-1(3,4)5;;1-5(2,3)4;/h;;1-4H;/q-1;;;. The fraction of sp³-hybridized carbons (Fsp3) is 0. The van der Waals surface area contributed by atoms with Crippen LogP contribution in [0.3, 0.4) is 0 Å². The molecule has 0 atom stereocenters. The molecule has 0 aromatic carbocycles. The summed E-state index contributed by atoms with van der Waals surface area (Å²) in [6, 6.07) is 0. The summed E-state index contributed by atoms with van der Waals surface area (Å²) in [5.74, 6) is 0. The Labute approximate surface area is 103 Å². The maximum absolute atomic E-state index is 9.75. The molecule has 0 aliphatic rings. The Morgan fingerprint density at radius 3 is 0.818 bits per heavy atom. The number of hydrogen-bond donors (Lipinski definition) is 4. The Morgan fingerprint density at radius 2 is 0.818 bits per heavy atom. The molecule has 0 amide bonds. The zero-order valence-electron chi connectivity index (χ0n) is 4.38. The molecule has 0 aromatic rings. The van der Waals surface area contributed by atoms with E-state index in [2.05, 4.69) is 0 Å². The first-order chi connectivity index (χ1) is 4.00. The van der Waals surface area contributed by atoms with Crippen LogP contribution in [0.25, 0.3) is 0 Å². The van der Waals surface area contributed by atoms with Crippen LogP contribution in [-0.2, 0) is 0 Å². The summed E-state index contributed by atoms with van der Waals surface area (Å²) in [6.45, 7) is 0. The fourth-order valence-electron chi connectivity index (χ4n) is 0. The molecule has 66 valence electrons. The minimum atomic E-state index is -6.00. The van der Waals surface area contributed by atoms with Gasteiger partial charge in [-0.2, -0.15) is 0 Å². The van der Waals surface area contributed by atoms with Crippen molar-refractivity contribution < 1.29 is 36.4 Å². The molecule has 4 nitrogen and oxygen atoms in total. The molecule has 0 fully saturated rings. The second kappa shape index (κ2) is 6.94. The van der Waals surface area contributed by atoms with Crippen LogP contribution in [-0.4, -0.2) is 86.9 Å². The number of hydrogen-bond acceptors (Lipinski definition) is 4. The van der Waals surface area contributed by atoms with E-state index in [0.29, 0.717) is 0 Å². The summed E-state index contributed by atoms with van der Waals surface area (Å²) in [5.41, 5.74) is 0. The van der Waals surface area contributed by atoms with Crippen molar-refractivity contribution in [3.63, 3.8) is 0 Å². The van der Waals surface area contributed by atoms with Crippen molar-refractivity contribution in [3.05, 3.63) is 0 Å². The quantitative estimate of drug-likeness (QED) is 0.284. The van der Waals surface area contributed by atoms with E-state index in [4.69, 9.17) is 19.2 Å². The first-order valence-electron chi connectivity index (χ1n) is 1.77. The van der Waals surface area contributed by atoms with Gasteiger partial charge in [0.1, 0.15) is 0 Å². The van der Waals surface area contributed by atoms with Crippen LogP contribution in [0.5, 0.6) is 0 Å². The Balaban J connectivity index is -0.000000107. The first kappa shape index (κ1) is 18.3. The Morgan fingerprint density at radius 1 is 0.818 bits per heavy atom. The van der Waals surface area contributed by atoms with E-state index in [1.807, 2.05) is 0 Å². The van der Waals surface area contributed by atoms with E-state index in [-0.39, 0.29) is 51.4 Å². The predicted molar refractivity (Wildman–Crippen MR) is 32.0 cm³/mol. The van der Waals surface area contributed by atoms with Gasteiger partial charge in [-0.25, -0.2) is 0 Å². The van der Waals surface area contributed by atoms with Gasteiger partial charge >= 0.3 is 67.7 Å². The first-order valence-corrected chi connectivity index (χ1v) is 3.56. The third-order valence-corrected chi connectivity index (χ3v) is 0. The third kappa shape index (κ3) is 472. The van der Waals surface area contributed by atoms with E-state index in [1.54, 1.807) is 0 Å². The second-order valence-corrected chi connectivity index (χ2v) is 2.29. The van der Waals surface area contributed by atoms with Crippen LogP contribution in [0.1, 0.15) is 0 Å². The molecular weight excluding hydrogens is 218 g/mol. The number of halogens is 4. The van der Waals surface area contributed by atoms with Gasteiger partial charge in [0.2, 0.25) is 0 Å². The normalized spacial score (nSPS) is 10.9. The maximum atomic E-state index is 9.75. The van der Waals surface area contributed by atoms with E-state index < -0.39 is 16.3 Å². The van der Waals surface area contributed by atoms with E-state index in [9.17, 15) is 17.3 Å². The van der Waals surface area contributed by atoms with Crippen molar-refractivity contribution in [3.8, 4) is 0 Å². The van der Waals surface area contributed by atoms with Crippen LogP contribution >= 0.6 is 0 Å². The van der Waals surface area contributed by atoms with Crippen LogP contribution < -0.4 is 0 Å². The van der Waals surface area contributed by atoms with Crippen LogP contribution in [0.4, 0.5) is 17.3 Å². The summed E-state index contributed by atoms with van der Waals surface area (Å²) < 4.78 is 39.0. The SMILES string of the molecule is F[B-](F)(F)F.O[Si](O)(O)O.[KH]. The van der Waals surface area contributed by atoms with E-state index in [1.165, 1.54) is 0 Å². The molecule has 0 saturated heterocycles. The molecule has 0 radical (unpaired) electrons. The molecular formula is H5BF4KO4Si-. The third-order valence-electron chi connectivity index (χ3n) is 0. The molecule has 0 rings (SSSR count). The molecule has 11 heteroatoms. The van der Waals surface area contributed by atoms with Crippen molar-refractivity contribution in [1.29, 1.82) is 0 Å². The zero-order chi connectivity index (χ0) is 9.00. The molecule has 0 aromatic heterocycles. The summed E-state index contributed by atoms with van der Waals surface area (Å²) in [4.78, 5) is 29.3. The van der Waals surface area contributed by atoms with Gasteiger partial charge in [0.15, 0.2) is 0 Å². The summed E-state index contributed by atoms with van der Waals surface area (Å²) >= 11 is 0. The molecule has 0 saturated carbocycles. The predicted octanol–water partition coefficient (Wildman–Crippen LogP) is -1.96. The average Bonchev–Trinajstić information content (AvgIpc) is 1.12. The molecule has 0 aliphatic heterocycles. The van der Waals surface area contributed by atoms with Crippen LogP contribution in [0.15, 0.2) is 0 Å². The average molecular weight is 223 g/mol. The Bertz CT molecular complexity index is 65.1. The van der Waals surface area contributed by atoms with Crippen molar-refractivity contribution in [2.24, 2.45) is 0 Å². The van der Waals surface area contributed by atoms with Crippen molar-refractivity contribution in [1.82, 2.24) is 0 Å². The molecule has 4 N–H and O–H groups in total. The van der Waals surface area contributed by atoms with Crippen LogP contribution in [0.2, 0.25) is 0 Å². The number of rotatable bonds is 0. The molecule has 0 bridgehead atoms. The second-order valence-electron chi connectivity index (χ2n) is 1.09. The Kier molecular flexibility index (Phi) is 11.5. The Hall–Kier alpha value is 1.48. The van der Waals surface area contributed by atoms with Gasteiger partial charge in [-0.15, -0.1) is 0 Å². The van der Waals surface area contributed by atoms with Gasteiger partial charge in [-0.05, 0) is 0 Å². The van der Waals surface area contributed by atoms with Gasteiger partial charge in [-0.3, -0.25) is 0 Å². The molecule has 11 heavy (non-hydrogen) atoms. The topological polar surface area (TPSA) is 80.9 Å². The summed E-state index contributed by atoms with van der Waals surface area (Å²) in [5, 5.41) is 0. The zero-order valence-corrected chi connectivity index (χ0v) is 5.38. The minimum absolute atomic E-state index is 0. The van der Waals surface area contributed by atoms with Crippen LogP contribution in [0, 0.1) is 0 Å². The monoisotopic (exact) mass is 223 g/mol. The molecule has 0 unspecified atom stereocenters. The van der Waals surface area contributed by atoms with Gasteiger partial charge in [0.25, 0.3) is 0 Å². The van der Waals surface area contributed by atoms with Gasteiger partial charge in [0.05, 0.1) is 0 Å². The fourth-order valence-corrected chi connectivity index (χ4v) is 0. The van der Waals surface area contributed by atoms with Crippen molar-refractivity contribution in [2.75, 3.05) is 0 Å². The van der Waals surface area contributed by atoms with E-state index >= 15 is 0 Å². The van der Waals surface area contributed by atoms with E-state index in [0.717, 1.165) is 0 Å². The summed E-state index contributed by atoms with van der Waals surface area (Å²) in [6.07, 6.45) is 0. The van der Waals surface area contributed by atoms with Crippen molar-refractivity contribution in [2.45, 2.75) is 0 Å². The van der Waals surface area contributed by atoms with Gasteiger partial charge < -0.3 is 36.4 Å². The molecule has 0 aliphatic carbocycles.